The van der Waals surface area contributed by atoms with Crippen molar-refractivity contribution in [3.05, 3.63) is 67.6 Å². The second-order valence-electron chi connectivity index (χ2n) is 6.84. The minimum absolute atomic E-state index is 0. The van der Waals surface area contributed by atoms with Crippen LogP contribution in [0.15, 0.2) is 36.4 Å². The van der Waals surface area contributed by atoms with Gasteiger partial charge in [-0.1, -0.05) is 85.2 Å². The molecule has 2 unspecified atom stereocenters. The van der Waals surface area contributed by atoms with E-state index in [9.17, 15) is 0 Å². The maximum Gasteiger partial charge on any atom is 0.0549 e. The minimum atomic E-state index is -0.165. The third-order valence-corrected chi connectivity index (χ3v) is 6.06. The quantitative estimate of drug-likeness (QED) is 0.282. The molecule has 2 N–H and O–H groups in total. The molecule has 0 saturated heterocycles. The highest BCUT2D eigenvalue weighted by molar-refractivity contribution is 6.37. The number of benzene rings is 2. The van der Waals surface area contributed by atoms with Crippen molar-refractivity contribution >= 4 is 71.2 Å². The average Bonchev–Trinajstić information content (AvgIpc) is 2.65. The van der Waals surface area contributed by atoms with Crippen molar-refractivity contribution in [3.8, 4) is 0 Å². The van der Waals surface area contributed by atoms with Gasteiger partial charge >= 0.3 is 0 Å². The van der Waals surface area contributed by atoms with Gasteiger partial charge < -0.3 is 10.6 Å². The summed E-state index contributed by atoms with van der Waals surface area (Å²) in [5.74, 6) is 0. The largest absolute Gasteiger partial charge is 0.308 e. The molecule has 0 radical (unpaired) electrons. The standard InChI is InChI=1S/C22H28Cl4N2.2ClH/c1-3-5-13-27-21(19-15(23)9-7-10-16(19)24)22(28-14-6-4-2)20-17(25)11-8-12-18(20)26;;/h7-12,21-22,27-28H,3-6,13-14H2,1-2H3;2*1H. The van der Waals surface area contributed by atoms with Gasteiger partial charge in [0.15, 0.2) is 0 Å². The molecule has 0 spiro atoms. The lowest BCUT2D eigenvalue weighted by Crippen LogP contribution is -2.37. The van der Waals surface area contributed by atoms with Crippen LogP contribution in [0.2, 0.25) is 20.1 Å². The molecule has 170 valence electrons. The van der Waals surface area contributed by atoms with Crippen LogP contribution >= 0.6 is 71.2 Å². The Labute approximate surface area is 213 Å². The number of hydrogen-bond acceptors (Lipinski definition) is 2. The van der Waals surface area contributed by atoms with Gasteiger partial charge in [-0.05, 0) is 50.2 Å². The molecule has 0 aromatic heterocycles. The van der Waals surface area contributed by atoms with Crippen molar-refractivity contribution in [1.82, 2.24) is 10.6 Å². The second kappa shape index (κ2) is 15.8. The zero-order valence-corrected chi connectivity index (χ0v) is 21.8. The predicted molar refractivity (Wildman–Crippen MR) is 139 cm³/mol. The first kappa shape index (κ1) is 30.1. The van der Waals surface area contributed by atoms with Gasteiger partial charge in [-0.2, -0.15) is 0 Å². The lowest BCUT2D eigenvalue weighted by molar-refractivity contribution is 0.380. The van der Waals surface area contributed by atoms with Gasteiger partial charge in [0.1, 0.15) is 0 Å². The van der Waals surface area contributed by atoms with Crippen molar-refractivity contribution in [2.75, 3.05) is 13.1 Å². The minimum Gasteiger partial charge on any atom is -0.308 e. The number of nitrogens with one attached hydrogen (secondary N) is 2. The van der Waals surface area contributed by atoms with Gasteiger partial charge in [0.05, 0.1) is 12.1 Å². The Balaban J connectivity index is 0.00000420. The van der Waals surface area contributed by atoms with Crippen LogP contribution in [0.4, 0.5) is 0 Å². The van der Waals surface area contributed by atoms with E-state index in [1.807, 2.05) is 36.4 Å². The molecule has 0 aliphatic rings. The molecule has 2 rings (SSSR count). The van der Waals surface area contributed by atoms with E-state index in [4.69, 9.17) is 46.4 Å². The summed E-state index contributed by atoms with van der Waals surface area (Å²) in [6.07, 6.45) is 4.29. The van der Waals surface area contributed by atoms with Crippen LogP contribution < -0.4 is 10.6 Å². The number of hydrogen-bond donors (Lipinski definition) is 2. The third kappa shape index (κ3) is 8.22. The molecule has 2 nitrogen and oxygen atoms in total. The Morgan fingerprint density at radius 1 is 0.633 bits per heavy atom. The summed E-state index contributed by atoms with van der Waals surface area (Å²) in [6, 6.07) is 10.9. The number of halogens is 6. The molecule has 2 atom stereocenters. The summed E-state index contributed by atoms with van der Waals surface area (Å²) in [5.41, 5.74) is 1.74. The van der Waals surface area contributed by atoms with E-state index in [0.29, 0.717) is 20.1 Å². The SMILES string of the molecule is CCCCNC(c1c(Cl)cccc1Cl)C(NCCCC)c1c(Cl)cccc1Cl.Cl.Cl. The fraction of sp³-hybridized carbons (Fsp3) is 0.455. The zero-order chi connectivity index (χ0) is 20.5. The van der Waals surface area contributed by atoms with Gasteiger partial charge in [-0.3, -0.25) is 0 Å². The Kier molecular flexibility index (Phi) is 15.9. The Hall–Kier alpha value is 0.1000. The molecule has 0 aliphatic carbocycles. The van der Waals surface area contributed by atoms with Gasteiger partial charge in [0.2, 0.25) is 0 Å². The van der Waals surface area contributed by atoms with Crippen LogP contribution in [-0.4, -0.2) is 13.1 Å². The van der Waals surface area contributed by atoms with Crippen LogP contribution in [0.25, 0.3) is 0 Å². The summed E-state index contributed by atoms with van der Waals surface area (Å²) in [4.78, 5) is 0. The smallest absolute Gasteiger partial charge is 0.0549 e. The monoisotopic (exact) mass is 532 g/mol. The van der Waals surface area contributed by atoms with E-state index in [1.54, 1.807) is 0 Å². The Bertz CT molecular complexity index is 652. The molecular formula is C22H30Cl6N2. The van der Waals surface area contributed by atoms with Crippen LogP contribution in [0.3, 0.4) is 0 Å². The topological polar surface area (TPSA) is 24.1 Å². The molecule has 0 aliphatic heterocycles. The zero-order valence-electron chi connectivity index (χ0n) is 17.2. The lowest BCUT2D eigenvalue weighted by atomic mass is 9.92. The van der Waals surface area contributed by atoms with Crippen LogP contribution in [0.1, 0.15) is 62.7 Å². The fourth-order valence-corrected chi connectivity index (χ4v) is 4.52. The third-order valence-electron chi connectivity index (χ3n) is 4.74. The Morgan fingerprint density at radius 3 is 1.20 bits per heavy atom. The molecule has 0 heterocycles. The first-order valence-electron chi connectivity index (χ1n) is 9.85. The van der Waals surface area contributed by atoms with Crippen molar-refractivity contribution in [1.29, 1.82) is 0 Å². The van der Waals surface area contributed by atoms with Crippen molar-refractivity contribution < 1.29 is 0 Å². The normalized spacial score (nSPS) is 12.6. The van der Waals surface area contributed by atoms with Crippen LogP contribution in [0, 0.1) is 0 Å². The molecule has 0 bridgehead atoms. The summed E-state index contributed by atoms with van der Waals surface area (Å²) >= 11 is 26.4. The van der Waals surface area contributed by atoms with E-state index in [2.05, 4.69) is 24.5 Å². The summed E-state index contributed by atoms with van der Waals surface area (Å²) in [5, 5.41) is 9.83. The van der Waals surface area contributed by atoms with Gasteiger partial charge in [-0.25, -0.2) is 0 Å². The molecule has 0 amide bonds. The van der Waals surface area contributed by atoms with E-state index in [-0.39, 0.29) is 36.9 Å². The summed E-state index contributed by atoms with van der Waals surface area (Å²) < 4.78 is 0. The van der Waals surface area contributed by atoms with Crippen molar-refractivity contribution in [3.63, 3.8) is 0 Å². The Morgan fingerprint density at radius 2 is 0.933 bits per heavy atom. The van der Waals surface area contributed by atoms with E-state index >= 15 is 0 Å². The van der Waals surface area contributed by atoms with Gasteiger partial charge in [0.25, 0.3) is 0 Å². The highest BCUT2D eigenvalue weighted by Gasteiger charge is 2.30. The van der Waals surface area contributed by atoms with Crippen LogP contribution in [0.5, 0.6) is 0 Å². The molecule has 30 heavy (non-hydrogen) atoms. The molecule has 2 aromatic carbocycles. The van der Waals surface area contributed by atoms with Crippen LogP contribution in [-0.2, 0) is 0 Å². The highest BCUT2D eigenvalue weighted by atomic mass is 35.5. The second-order valence-corrected chi connectivity index (χ2v) is 8.47. The first-order chi connectivity index (χ1) is 13.5. The highest BCUT2D eigenvalue weighted by Crippen LogP contribution is 2.41. The predicted octanol–water partition coefficient (Wildman–Crippen LogP) is 8.71. The summed E-state index contributed by atoms with van der Waals surface area (Å²) in [7, 11) is 0. The fourth-order valence-electron chi connectivity index (χ4n) is 3.26. The first-order valence-corrected chi connectivity index (χ1v) is 11.4. The average molecular weight is 535 g/mol. The maximum atomic E-state index is 6.59. The molecule has 8 heteroatoms. The van der Waals surface area contributed by atoms with Crippen molar-refractivity contribution in [2.24, 2.45) is 0 Å². The molecule has 0 saturated carbocycles. The summed E-state index contributed by atoms with van der Waals surface area (Å²) in [6.45, 7) is 6.02. The van der Waals surface area contributed by atoms with E-state index in [1.165, 1.54) is 0 Å². The molecule has 0 fully saturated rings. The van der Waals surface area contributed by atoms with Crippen molar-refractivity contribution in [2.45, 2.75) is 51.6 Å². The molecule has 2 aromatic rings. The lowest BCUT2D eigenvalue weighted by Gasteiger charge is -2.32. The van der Waals surface area contributed by atoms with E-state index < -0.39 is 0 Å². The number of unbranched alkanes of at least 4 members (excludes halogenated alkanes) is 2. The number of rotatable bonds is 11. The molecular weight excluding hydrogens is 505 g/mol. The maximum absolute atomic E-state index is 6.59. The van der Waals surface area contributed by atoms with Gasteiger partial charge in [0, 0.05) is 31.2 Å². The van der Waals surface area contributed by atoms with Gasteiger partial charge in [-0.15, -0.1) is 24.8 Å². The van der Waals surface area contributed by atoms with E-state index in [0.717, 1.165) is 49.9 Å².